The minimum atomic E-state index is -0.269. The van der Waals surface area contributed by atoms with Crippen LogP contribution in [0.1, 0.15) is 37.8 Å². The molecule has 2 fully saturated rings. The van der Waals surface area contributed by atoms with Crippen molar-refractivity contribution in [3.8, 4) is 0 Å². The highest BCUT2D eigenvalue weighted by Crippen LogP contribution is 2.31. The summed E-state index contributed by atoms with van der Waals surface area (Å²) in [7, 11) is 0. The maximum absolute atomic E-state index is 14.1. The third kappa shape index (κ3) is 2.54. The van der Waals surface area contributed by atoms with Crippen LogP contribution in [-0.2, 0) is 0 Å². The highest BCUT2D eigenvalue weighted by molar-refractivity contribution is 5.55. The average Bonchev–Trinajstić information content (AvgIpc) is 2.75. The summed E-state index contributed by atoms with van der Waals surface area (Å²) in [6, 6.07) is 5.69. The summed E-state index contributed by atoms with van der Waals surface area (Å²) in [6.07, 6.45) is 3.70. The molecule has 2 aliphatic heterocycles. The van der Waals surface area contributed by atoms with Gasteiger partial charge in [0.1, 0.15) is 5.82 Å². The predicted molar refractivity (Wildman–Crippen MR) is 80.4 cm³/mol. The number of nitrogens with two attached hydrogens (primary N) is 1. The van der Waals surface area contributed by atoms with Crippen LogP contribution in [0.4, 0.5) is 10.1 Å². The van der Waals surface area contributed by atoms with Crippen LogP contribution >= 0.6 is 0 Å². The third-order valence-electron chi connectivity index (χ3n) is 4.63. The molecular formula is C16H24FN3. The van der Waals surface area contributed by atoms with Crippen LogP contribution in [0.2, 0.25) is 0 Å². The Kier molecular flexibility index (Phi) is 3.94. The first-order valence-electron chi connectivity index (χ1n) is 7.70. The van der Waals surface area contributed by atoms with Crippen LogP contribution in [0, 0.1) is 5.82 Å². The summed E-state index contributed by atoms with van der Waals surface area (Å²) in [5.41, 5.74) is 7.65. The van der Waals surface area contributed by atoms with Crippen LogP contribution < -0.4 is 10.6 Å². The Balaban J connectivity index is 1.90. The van der Waals surface area contributed by atoms with E-state index in [9.17, 15) is 4.39 Å². The predicted octanol–water partition coefficient (Wildman–Crippen LogP) is 2.52. The molecule has 2 heterocycles. The summed E-state index contributed by atoms with van der Waals surface area (Å²) >= 11 is 0. The van der Waals surface area contributed by atoms with E-state index in [1.165, 1.54) is 32.0 Å². The second-order valence-electron chi connectivity index (χ2n) is 6.09. The van der Waals surface area contributed by atoms with Crippen molar-refractivity contribution >= 4 is 5.69 Å². The normalized spacial score (nSPS) is 25.4. The van der Waals surface area contributed by atoms with E-state index in [-0.39, 0.29) is 11.9 Å². The lowest BCUT2D eigenvalue weighted by Gasteiger charge is -2.30. The first-order valence-corrected chi connectivity index (χ1v) is 7.70. The lowest BCUT2D eigenvalue weighted by molar-refractivity contribution is 0.273. The molecule has 2 saturated heterocycles. The molecule has 0 amide bonds. The molecule has 0 spiro atoms. The first-order chi connectivity index (χ1) is 9.66. The zero-order valence-electron chi connectivity index (χ0n) is 12.2. The third-order valence-corrected chi connectivity index (χ3v) is 4.63. The van der Waals surface area contributed by atoms with E-state index >= 15 is 0 Å². The zero-order valence-corrected chi connectivity index (χ0v) is 12.2. The fourth-order valence-corrected chi connectivity index (χ4v) is 3.68. The van der Waals surface area contributed by atoms with Crippen molar-refractivity contribution in [1.82, 2.24) is 4.90 Å². The van der Waals surface area contributed by atoms with E-state index in [1.54, 1.807) is 6.07 Å². The van der Waals surface area contributed by atoms with E-state index in [1.807, 2.05) is 13.0 Å². The number of fused-ring (bicyclic) bond motifs is 1. The van der Waals surface area contributed by atoms with Crippen LogP contribution in [0.25, 0.3) is 0 Å². The second-order valence-corrected chi connectivity index (χ2v) is 6.09. The van der Waals surface area contributed by atoms with E-state index in [2.05, 4.69) is 9.80 Å². The van der Waals surface area contributed by atoms with Gasteiger partial charge in [0.2, 0.25) is 0 Å². The Bertz CT molecular complexity index is 475. The number of nitrogens with zero attached hydrogens (tertiary/aromatic N) is 2. The van der Waals surface area contributed by atoms with E-state index in [4.69, 9.17) is 5.73 Å². The Labute approximate surface area is 120 Å². The second kappa shape index (κ2) is 5.70. The molecule has 110 valence electrons. The molecule has 4 heteroatoms. The van der Waals surface area contributed by atoms with Crippen molar-refractivity contribution in [2.45, 2.75) is 38.3 Å². The fraction of sp³-hybridized carbons (Fsp3) is 0.625. The Morgan fingerprint density at radius 3 is 2.85 bits per heavy atom. The molecule has 3 nitrogen and oxygen atoms in total. The molecule has 0 aromatic heterocycles. The van der Waals surface area contributed by atoms with Crippen molar-refractivity contribution in [3.05, 3.63) is 29.6 Å². The molecule has 0 saturated carbocycles. The SMILES string of the molecule is C[C@H](N)c1c(F)cccc1N1CCCN2CCCC2C1. The molecule has 3 rings (SSSR count). The van der Waals surface area contributed by atoms with Crippen LogP contribution in [0.5, 0.6) is 0 Å². The number of hydrogen-bond donors (Lipinski definition) is 1. The monoisotopic (exact) mass is 277 g/mol. The summed E-state index contributed by atoms with van der Waals surface area (Å²) in [6.45, 7) is 6.26. The number of anilines is 1. The highest BCUT2D eigenvalue weighted by atomic mass is 19.1. The van der Waals surface area contributed by atoms with Gasteiger partial charge in [-0.15, -0.1) is 0 Å². The maximum atomic E-state index is 14.1. The van der Waals surface area contributed by atoms with Crippen LogP contribution in [-0.4, -0.2) is 37.1 Å². The average molecular weight is 277 g/mol. The largest absolute Gasteiger partial charge is 0.370 e. The number of rotatable bonds is 2. The van der Waals surface area contributed by atoms with Gasteiger partial charge in [0.15, 0.2) is 0 Å². The first kappa shape index (κ1) is 13.8. The van der Waals surface area contributed by atoms with Gasteiger partial charge in [-0.3, -0.25) is 4.90 Å². The Hall–Kier alpha value is -1.13. The number of halogens is 1. The van der Waals surface area contributed by atoms with Gasteiger partial charge >= 0.3 is 0 Å². The van der Waals surface area contributed by atoms with E-state index in [0.717, 1.165) is 25.2 Å². The van der Waals surface area contributed by atoms with Crippen molar-refractivity contribution in [2.75, 3.05) is 31.1 Å². The molecule has 2 atom stereocenters. The van der Waals surface area contributed by atoms with Gasteiger partial charge in [0, 0.05) is 43.0 Å². The standard InChI is InChI=1S/C16H24FN3/c1-12(18)16-14(17)6-2-7-15(16)20-10-4-9-19-8-3-5-13(19)11-20/h2,6-7,12-13H,3-5,8-11,18H2,1H3/t12-,13?/m0/s1. The van der Waals surface area contributed by atoms with Gasteiger partial charge in [-0.05, 0) is 44.9 Å². The smallest absolute Gasteiger partial charge is 0.130 e. The molecule has 2 aliphatic rings. The summed E-state index contributed by atoms with van der Waals surface area (Å²) < 4.78 is 14.1. The topological polar surface area (TPSA) is 32.5 Å². The minimum Gasteiger partial charge on any atom is -0.370 e. The Morgan fingerprint density at radius 1 is 1.25 bits per heavy atom. The van der Waals surface area contributed by atoms with Gasteiger partial charge in [0.25, 0.3) is 0 Å². The molecule has 20 heavy (non-hydrogen) atoms. The molecule has 1 aromatic rings. The quantitative estimate of drug-likeness (QED) is 0.901. The molecule has 0 radical (unpaired) electrons. The molecule has 1 unspecified atom stereocenters. The lowest BCUT2D eigenvalue weighted by atomic mass is 10.0. The number of benzene rings is 1. The van der Waals surface area contributed by atoms with Gasteiger partial charge in [-0.25, -0.2) is 4.39 Å². The summed E-state index contributed by atoms with van der Waals surface area (Å²) in [4.78, 5) is 4.93. The summed E-state index contributed by atoms with van der Waals surface area (Å²) in [5, 5.41) is 0. The fourth-order valence-electron chi connectivity index (χ4n) is 3.68. The Morgan fingerprint density at radius 2 is 2.05 bits per heavy atom. The maximum Gasteiger partial charge on any atom is 0.130 e. The highest BCUT2D eigenvalue weighted by Gasteiger charge is 2.30. The van der Waals surface area contributed by atoms with Gasteiger partial charge in [-0.1, -0.05) is 6.07 Å². The van der Waals surface area contributed by atoms with Crippen LogP contribution in [0.3, 0.4) is 0 Å². The van der Waals surface area contributed by atoms with Gasteiger partial charge in [0.05, 0.1) is 0 Å². The number of hydrogen-bond acceptors (Lipinski definition) is 3. The molecule has 2 N–H and O–H groups in total. The molecular weight excluding hydrogens is 253 g/mol. The van der Waals surface area contributed by atoms with Crippen molar-refractivity contribution in [1.29, 1.82) is 0 Å². The van der Waals surface area contributed by atoms with E-state index < -0.39 is 0 Å². The molecule has 1 aromatic carbocycles. The summed E-state index contributed by atoms with van der Waals surface area (Å²) in [5.74, 6) is -0.176. The van der Waals surface area contributed by atoms with Crippen molar-refractivity contribution < 1.29 is 4.39 Å². The minimum absolute atomic E-state index is 0.176. The molecule has 0 aliphatic carbocycles. The molecule has 0 bridgehead atoms. The van der Waals surface area contributed by atoms with Gasteiger partial charge in [-0.2, -0.15) is 0 Å². The van der Waals surface area contributed by atoms with E-state index in [0.29, 0.717) is 11.6 Å². The van der Waals surface area contributed by atoms with Crippen LogP contribution in [0.15, 0.2) is 18.2 Å². The zero-order chi connectivity index (χ0) is 14.1. The van der Waals surface area contributed by atoms with Gasteiger partial charge < -0.3 is 10.6 Å². The lowest BCUT2D eigenvalue weighted by Crippen LogP contribution is -2.37. The van der Waals surface area contributed by atoms with Crippen molar-refractivity contribution in [2.24, 2.45) is 5.73 Å². The van der Waals surface area contributed by atoms with Crippen molar-refractivity contribution in [3.63, 3.8) is 0 Å².